The normalized spacial score (nSPS) is 20.2. The van der Waals surface area contributed by atoms with Crippen LogP contribution in [0.5, 0.6) is 5.75 Å². The van der Waals surface area contributed by atoms with Crippen LogP contribution in [0.25, 0.3) is 0 Å². The molecule has 1 saturated heterocycles. The van der Waals surface area contributed by atoms with Crippen LogP contribution < -0.4 is 4.74 Å². The van der Waals surface area contributed by atoms with Crippen molar-refractivity contribution in [2.75, 3.05) is 20.2 Å². The molecule has 1 fully saturated rings. The first kappa shape index (κ1) is 16.7. The maximum Gasteiger partial charge on any atom is 0.199 e. The summed E-state index contributed by atoms with van der Waals surface area (Å²) >= 11 is 0. The van der Waals surface area contributed by atoms with Gasteiger partial charge in [0, 0.05) is 37.5 Å². The summed E-state index contributed by atoms with van der Waals surface area (Å²) in [5.41, 5.74) is 5.66. The van der Waals surface area contributed by atoms with Crippen molar-refractivity contribution in [1.82, 2.24) is 9.91 Å². The average molecular weight is 348 g/mol. The molecular formula is C21H24N4O. The van der Waals surface area contributed by atoms with E-state index >= 15 is 0 Å². The molecule has 0 unspecified atom stereocenters. The highest BCUT2D eigenvalue weighted by molar-refractivity contribution is 5.94. The Hall–Kier alpha value is -2.78. The summed E-state index contributed by atoms with van der Waals surface area (Å²) in [6.45, 7) is 4.06. The second-order valence-corrected chi connectivity index (χ2v) is 6.81. The Morgan fingerprint density at radius 1 is 1.15 bits per heavy atom. The highest BCUT2D eigenvalue weighted by atomic mass is 16.5. The third-order valence-electron chi connectivity index (χ3n) is 5.10. The zero-order valence-corrected chi connectivity index (χ0v) is 15.4. The Balaban J connectivity index is 1.48. The topological polar surface area (TPSA) is 40.4 Å². The van der Waals surface area contributed by atoms with Crippen LogP contribution in [0, 0.1) is 0 Å². The van der Waals surface area contributed by atoms with Crippen LogP contribution in [0.2, 0.25) is 0 Å². The Kier molecular flexibility index (Phi) is 4.63. The summed E-state index contributed by atoms with van der Waals surface area (Å²) in [5.74, 6) is 3.41. The van der Waals surface area contributed by atoms with Crippen molar-refractivity contribution in [3.8, 4) is 5.75 Å². The van der Waals surface area contributed by atoms with Crippen molar-refractivity contribution in [2.45, 2.75) is 32.1 Å². The van der Waals surface area contributed by atoms with Gasteiger partial charge in [-0.3, -0.25) is 0 Å². The van der Waals surface area contributed by atoms with Crippen molar-refractivity contribution in [2.24, 2.45) is 10.1 Å². The van der Waals surface area contributed by atoms with Gasteiger partial charge in [0.15, 0.2) is 5.82 Å². The van der Waals surface area contributed by atoms with Crippen LogP contribution >= 0.6 is 0 Å². The fraction of sp³-hybridized carbons (Fsp3) is 0.381. The number of rotatable bonds is 3. The number of fused-ring (bicyclic) bond motifs is 1. The Morgan fingerprint density at radius 2 is 1.92 bits per heavy atom. The minimum atomic E-state index is 0.596. The maximum absolute atomic E-state index is 5.27. The van der Waals surface area contributed by atoms with Crippen molar-refractivity contribution < 1.29 is 4.74 Å². The molecule has 0 aromatic heterocycles. The third kappa shape index (κ3) is 3.31. The van der Waals surface area contributed by atoms with Crippen LogP contribution in [0.15, 0.2) is 63.9 Å². The quantitative estimate of drug-likeness (QED) is 0.779. The maximum atomic E-state index is 5.27. The minimum absolute atomic E-state index is 0.596. The number of methoxy groups -OCH3 is 1. The van der Waals surface area contributed by atoms with Gasteiger partial charge < -0.3 is 9.64 Å². The molecule has 0 atom stereocenters. The molecule has 3 heterocycles. The second-order valence-electron chi connectivity index (χ2n) is 6.81. The van der Waals surface area contributed by atoms with Gasteiger partial charge in [0.1, 0.15) is 11.6 Å². The van der Waals surface area contributed by atoms with Gasteiger partial charge in [-0.2, -0.15) is 10.1 Å². The van der Waals surface area contributed by atoms with E-state index < -0.39 is 0 Å². The van der Waals surface area contributed by atoms with E-state index in [1.54, 1.807) is 7.11 Å². The molecule has 0 amide bonds. The summed E-state index contributed by atoms with van der Waals surface area (Å²) < 4.78 is 5.27. The van der Waals surface area contributed by atoms with Crippen LogP contribution in [-0.4, -0.2) is 42.0 Å². The molecule has 5 nitrogen and oxygen atoms in total. The molecule has 0 aliphatic carbocycles. The molecule has 3 aliphatic heterocycles. The number of piperidine rings is 1. The molecule has 3 aliphatic rings. The van der Waals surface area contributed by atoms with E-state index in [4.69, 9.17) is 4.74 Å². The molecule has 1 aromatic carbocycles. The van der Waals surface area contributed by atoms with Crippen LogP contribution in [0.4, 0.5) is 0 Å². The minimum Gasteiger partial charge on any atom is -0.497 e. The van der Waals surface area contributed by atoms with E-state index in [9.17, 15) is 0 Å². The van der Waals surface area contributed by atoms with Gasteiger partial charge >= 0.3 is 0 Å². The number of benzene rings is 1. The van der Waals surface area contributed by atoms with Crippen LogP contribution in [0.3, 0.4) is 0 Å². The standard InChI is InChI=1S/C21H24N4O/c1-16-15-21(25-20(23-16)5-3-4-12-22-25)24-13-10-18(11-14-24)17-6-8-19(26-2)9-7-17/h3,6-9,12,15,18H,4,10-11,13-14H2,1-2H3. The van der Waals surface area contributed by atoms with Gasteiger partial charge in [0.2, 0.25) is 0 Å². The highest BCUT2D eigenvalue weighted by Crippen LogP contribution is 2.33. The average Bonchev–Trinajstić information content (AvgIpc) is 2.93. The number of ether oxygens (including phenoxy) is 1. The zero-order valence-electron chi connectivity index (χ0n) is 15.4. The number of hydrazone groups is 1. The monoisotopic (exact) mass is 348 g/mol. The fourth-order valence-electron chi connectivity index (χ4n) is 3.69. The van der Waals surface area contributed by atoms with Gasteiger partial charge in [-0.1, -0.05) is 17.9 Å². The molecule has 0 radical (unpaired) electrons. The molecule has 134 valence electrons. The molecule has 0 saturated carbocycles. The Bertz CT molecular complexity index is 820. The molecule has 0 spiro atoms. The highest BCUT2D eigenvalue weighted by Gasteiger charge is 2.28. The lowest BCUT2D eigenvalue weighted by atomic mass is 9.89. The summed E-state index contributed by atoms with van der Waals surface area (Å²) in [6, 6.07) is 8.50. The van der Waals surface area contributed by atoms with Gasteiger partial charge in [-0.05, 0) is 49.5 Å². The van der Waals surface area contributed by atoms with Gasteiger partial charge in [-0.25, -0.2) is 4.99 Å². The molecule has 26 heavy (non-hydrogen) atoms. The first-order valence-corrected chi connectivity index (χ1v) is 9.18. The largest absolute Gasteiger partial charge is 0.497 e. The lowest BCUT2D eigenvalue weighted by Gasteiger charge is -2.39. The first-order valence-electron chi connectivity index (χ1n) is 9.18. The zero-order chi connectivity index (χ0) is 17.9. The Labute approximate surface area is 154 Å². The second kappa shape index (κ2) is 7.22. The van der Waals surface area contributed by atoms with Crippen LogP contribution in [0.1, 0.15) is 37.7 Å². The summed E-state index contributed by atoms with van der Waals surface area (Å²) in [7, 11) is 1.71. The molecule has 1 aromatic rings. The summed E-state index contributed by atoms with van der Waals surface area (Å²) in [6.07, 6.45) is 9.07. The fourth-order valence-corrected chi connectivity index (χ4v) is 3.69. The number of nitrogens with zero attached hydrogens (tertiary/aromatic N) is 4. The van der Waals surface area contributed by atoms with Crippen molar-refractivity contribution in [3.63, 3.8) is 0 Å². The summed E-state index contributed by atoms with van der Waals surface area (Å²) in [5, 5.41) is 6.50. The van der Waals surface area contributed by atoms with E-state index in [1.807, 2.05) is 24.2 Å². The van der Waals surface area contributed by atoms with E-state index in [2.05, 4.69) is 51.1 Å². The van der Waals surface area contributed by atoms with Crippen LogP contribution in [-0.2, 0) is 0 Å². The van der Waals surface area contributed by atoms with E-state index in [0.29, 0.717) is 5.92 Å². The van der Waals surface area contributed by atoms with Gasteiger partial charge in [0.25, 0.3) is 0 Å². The lowest BCUT2D eigenvalue weighted by molar-refractivity contribution is 0.198. The SMILES string of the molecule is COc1ccc(C2CCN(C3=CC(C)=NC4=C=CCC=NN43)CC2)cc1. The first-order chi connectivity index (χ1) is 12.7. The van der Waals surface area contributed by atoms with Crippen molar-refractivity contribution in [3.05, 3.63) is 59.4 Å². The van der Waals surface area contributed by atoms with E-state index in [1.165, 1.54) is 5.56 Å². The van der Waals surface area contributed by atoms with E-state index in [0.717, 1.165) is 55.5 Å². The van der Waals surface area contributed by atoms with Gasteiger partial charge in [0.05, 0.1) is 7.11 Å². The smallest absolute Gasteiger partial charge is 0.199 e. The lowest BCUT2D eigenvalue weighted by Crippen LogP contribution is -2.39. The number of likely N-dealkylation sites (tertiary alicyclic amines) is 1. The van der Waals surface area contributed by atoms with Crippen molar-refractivity contribution in [1.29, 1.82) is 0 Å². The third-order valence-corrected chi connectivity index (χ3v) is 5.10. The molecule has 0 bridgehead atoms. The number of allylic oxidation sites excluding steroid dienone is 2. The summed E-state index contributed by atoms with van der Waals surface area (Å²) in [4.78, 5) is 7.00. The van der Waals surface area contributed by atoms with Crippen molar-refractivity contribution >= 4 is 11.9 Å². The molecular weight excluding hydrogens is 324 g/mol. The van der Waals surface area contributed by atoms with Gasteiger partial charge in [-0.15, -0.1) is 0 Å². The molecule has 5 heteroatoms. The predicted octanol–water partition coefficient (Wildman–Crippen LogP) is 3.88. The number of aliphatic imine (C=N–C) groups is 1. The molecule has 4 rings (SSSR count). The number of hydrogen-bond donors (Lipinski definition) is 0. The van der Waals surface area contributed by atoms with E-state index in [-0.39, 0.29) is 0 Å². The predicted molar refractivity (Wildman–Crippen MR) is 104 cm³/mol. The number of hydrogen-bond acceptors (Lipinski definition) is 5. The Morgan fingerprint density at radius 3 is 2.65 bits per heavy atom. The molecule has 0 N–H and O–H groups in total.